The molecular formula is C17H15BrO4. The third kappa shape index (κ3) is 2.52. The summed E-state index contributed by atoms with van der Waals surface area (Å²) in [5, 5.41) is 0.969. The van der Waals surface area contributed by atoms with Gasteiger partial charge < -0.3 is 18.6 Å². The van der Waals surface area contributed by atoms with Gasteiger partial charge in [-0.1, -0.05) is 15.9 Å². The SMILES string of the molecule is COc1ccc(-c2cc3cc(Br)cc(OC)c3o2)cc1OC. The second-order valence-electron chi connectivity index (χ2n) is 4.71. The number of ether oxygens (including phenoxy) is 3. The van der Waals surface area contributed by atoms with Crippen molar-refractivity contribution in [2.45, 2.75) is 0 Å². The van der Waals surface area contributed by atoms with E-state index in [4.69, 9.17) is 18.6 Å². The van der Waals surface area contributed by atoms with Crippen LogP contribution in [-0.4, -0.2) is 21.3 Å². The third-order valence-corrected chi connectivity index (χ3v) is 3.89. The summed E-state index contributed by atoms with van der Waals surface area (Å²) in [6.07, 6.45) is 0. The van der Waals surface area contributed by atoms with E-state index >= 15 is 0 Å². The van der Waals surface area contributed by atoms with E-state index in [-0.39, 0.29) is 0 Å². The number of halogens is 1. The number of furan rings is 1. The monoisotopic (exact) mass is 362 g/mol. The zero-order valence-electron chi connectivity index (χ0n) is 12.5. The van der Waals surface area contributed by atoms with Gasteiger partial charge >= 0.3 is 0 Å². The van der Waals surface area contributed by atoms with Crippen LogP contribution in [0, 0.1) is 0 Å². The van der Waals surface area contributed by atoms with Crippen LogP contribution in [0.5, 0.6) is 17.2 Å². The lowest BCUT2D eigenvalue weighted by Gasteiger charge is -2.08. The topological polar surface area (TPSA) is 40.8 Å². The summed E-state index contributed by atoms with van der Waals surface area (Å²) in [5.74, 6) is 2.78. The number of hydrogen-bond donors (Lipinski definition) is 0. The molecule has 0 amide bonds. The highest BCUT2D eigenvalue weighted by molar-refractivity contribution is 9.10. The van der Waals surface area contributed by atoms with Gasteiger partial charge in [0.15, 0.2) is 22.8 Å². The van der Waals surface area contributed by atoms with Crippen molar-refractivity contribution in [3.63, 3.8) is 0 Å². The molecule has 22 heavy (non-hydrogen) atoms. The quantitative estimate of drug-likeness (QED) is 0.662. The van der Waals surface area contributed by atoms with E-state index in [9.17, 15) is 0 Å². The van der Waals surface area contributed by atoms with Crippen LogP contribution in [0.1, 0.15) is 0 Å². The van der Waals surface area contributed by atoms with Gasteiger partial charge in [-0.15, -0.1) is 0 Å². The van der Waals surface area contributed by atoms with Gasteiger partial charge in [0, 0.05) is 15.4 Å². The van der Waals surface area contributed by atoms with E-state index < -0.39 is 0 Å². The first-order valence-electron chi connectivity index (χ1n) is 6.65. The molecule has 0 aliphatic heterocycles. The molecule has 3 rings (SSSR count). The fraction of sp³-hybridized carbons (Fsp3) is 0.176. The summed E-state index contributed by atoms with van der Waals surface area (Å²) >= 11 is 3.47. The smallest absolute Gasteiger partial charge is 0.176 e. The van der Waals surface area contributed by atoms with Gasteiger partial charge in [-0.05, 0) is 36.4 Å². The molecule has 0 N–H and O–H groups in total. The van der Waals surface area contributed by atoms with Gasteiger partial charge in [-0.25, -0.2) is 0 Å². The minimum atomic E-state index is 0.661. The Morgan fingerprint density at radius 2 is 1.55 bits per heavy atom. The molecule has 0 spiro atoms. The minimum Gasteiger partial charge on any atom is -0.493 e. The highest BCUT2D eigenvalue weighted by atomic mass is 79.9. The van der Waals surface area contributed by atoms with Crippen LogP contribution in [0.3, 0.4) is 0 Å². The molecule has 0 atom stereocenters. The molecule has 5 heteroatoms. The van der Waals surface area contributed by atoms with Gasteiger partial charge in [0.25, 0.3) is 0 Å². The summed E-state index contributed by atoms with van der Waals surface area (Å²) in [4.78, 5) is 0. The molecule has 114 valence electrons. The molecule has 0 fully saturated rings. The van der Waals surface area contributed by atoms with Gasteiger partial charge in [-0.2, -0.15) is 0 Å². The Balaban J connectivity index is 2.14. The van der Waals surface area contributed by atoms with Crippen molar-refractivity contribution < 1.29 is 18.6 Å². The first kappa shape index (κ1) is 14.8. The lowest BCUT2D eigenvalue weighted by Crippen LogP contribution is -1.90. The summed E-state index contributed by atoms with van der Waals surface area (Å²) in [6, 6.07) is 11.5. The maximum atomic E-state index is 5.96. The highest BCUT2D eigenvalue weighted by Gasteiger charge is 2.13. The summed E-state index contributed by atoms with van der Waals surface area (Å²) in [5.41, 5.74) is 1.63. The van der Waals surface area contributed by atoms with Crippen molar-refractivity contribution in [2.75, 3.05) is 21.3 Å². The van der Waals surface area contributed by atoms with Crippen LogP contribution in [0.15, 0.2) is 45.3 Å². The molecule has 2 aromatic carbocycles. The maximum Gasteiger partial charge on any atom is 0.176 e. The predicted octanol–water partition coefficient (Wildman–Crippen LogP) is 4.89. The van der Waals surface area contributed by atoms with Crippen molar-refractivity contribution in [2.24, 2.45) is 0 Å². The summed E-state index contributed by atoms with van der Waals surface area (Å²) in [7, 11) is 4.85. The van der Waals surface area contributed by atoms with Crippen molar-refractivity contribution >= 4 is 26.9 Å². The number of benzene rings is 2. The highest BCUT2D eigenvalue weighted by Crippen LogP contribution is 2.38. The summed E-state index contributed by atoms with van der Waals surface area (Å²) in [6.45, 7) is 0. The Morgan fingerprint density at radius 3 is 2.23 bits per heavy atom. The molecular weight excluding hydrogens is 348 g/mol. The van der Waals surface area contributed by atoms with Crippen molar-refractivity contribution in [1.29, 1.82) is 0 Å². The molecule has 4 nitrogen and oxygen atoms in total. The van der Waals surface area contributed by atoms with Crippen LogP contribution in [0.25, 0.3) is 22.3 Å². The van der Waals surface area contributed by atoms with E-state index in [1.165, 1.54) is 0 Å². The Morgan fingerprint density at radius 1 is 0.818 bits per heavy atom. The van der Waals surface area contributed by atoms with E-state index in [2.05, 4.69) is 15.9 Å². The zero-order chi connectivity index (χ0) is 15.7. The van der Waals surface area contributed by atoms with E-state index in [1.807, 2.05) is 36.4 Å². The fourth-order valence-corrected chi connectivity index (χ4v) is 2.82. The van der Waals surface area contributed by atoms with Crippen LogP contribution in [0.4, 0.5) is 0 Å². The Labute approximate surface area is 136 Å². The normalized spacial score (nSPS) is 10.7. The van der Waals surface area contributed by atoms with E-state index in [1.54, 1.807) is 21.3 Å². The Hall–Kier alpha value is -2.14. The maximum absolute atomic E-state index is 5.96. The number of fused-ring (bicyclic) bond motifs is 1. The molecule has 0 saturated carbocycles. The van der Waals surface area contributed by atoms with Crippen LogP contribution in [0.2, 0.25) is 0 Å². The molecule has 3 aromatic rings. The van der Waals surface area contributed by atoms with Crippen molar-refractivity contribution in [3.8, 4) is 28.6 Å². The Bertz CT molecular complexity index is 823. The first-order chi connectivity index (χ1) is 10.7. The predicted molar refractivity (Wildman–Crippen MR) is 89.0 cm³/mol. The van der Waals surface area contributed by atoms with Crippen molar-refractivity contribution in [1.82, 2.24) is 0 Å². The molecule has 0 aliphatic carbocycles. The summed E-state index contributed by atoms with van der Waals surface area (Å²) < 4.78 is 22.9. The van der Waals surface area contributed by atoms with Gasteiger partial charge in [-0.3, -0.25) is 0 Å². The fourth-order valence-electron chi connectivity index (χ4n) is 2.37. The lowest BCUT2D eigenvalue weighted by molar-refractivity contribution is 0.355. The van der Waals surface area contributed by atoms with Gasteiger partial charge in [0.1, 0.15) is 5.76 Å². The Kier molecular flexibility index (Phi) is 3.98. The second-order valence-corrected chi connectivity index (χ2v) is 5.62. The third-order valence-electron chi connectivity index (χ3n) is 3.43. The zero-order valence-corrected chi connectivity index (χ0v) is 14.1. The van der Waals surface area contributed by atoms with Gasteiger partial charge in [0.05, 0.1) is 21.3 Å². The molecule has 1 heterocycles. The second kappa shape index (κ2) is 5.93. The molecule has 0 unspecified atom stereocenters. The van der Waals surface area contributed by atoms with Crippen LogP contribution >= 0.6 is 15.9 Å². The molecule has 0 radical (unpaired) electrons. The standard InChI is InChI=1S/C17H15BrO4/c1-19-13-5-4-10(7-15(13)20-2)14-8-11-6-12(18)9-16(21-3)17(11)22-14/h4-9H,1-3H3. The average Bonchev–Trinajstić information content (AvgIpc) is 2.97. The molecule has 0 aliphatic rings. The lowest BCUT2D eigenvalue weighted by atomic mass is 10.1. The molecule has 0 saturated heterocycles. The number of methoxy groups -OCH3 is 3. The minimum absolute atomic E-state index is 0.661. The van der Waals surface area contributed by atoms with Gasteiger partial charge in [0.2, 0.25) is 0 Å². The molecule has 0 bridgehead atoms. The number of hydrogen-bond acceptors (Lipinski definition) is 4. The average molecular weight is 363 g/mol. The first-order valence-corrected chi connectivity index (χ1v) is 7.45. The van der Waals surface area contributed by atoms with E-state index in [0.29, 0.717) is 17.2 Å². The van der Waals surface area contributed by atoms with Crippen LogP contribution in [-0.2, 0) is 0 Å². The van der Waals surface area contributed by atoms with E-state index in [0.717, 1.165) is 26.8 Å². The van der Waals surface area contributed by atoms with Crippen molar-refractivity contribution in [3.05, 3.63) is 40.9 Å². The van der Waals surface area contributed by atoms with Crippen LogP contribution < -0.4 is 14.2 Å². The largest absolute Gasteiger partial charge is 0.493 e. The molecule has 1 aromatic heterocycles. The number of rotatable bonds is 4.